The summed E-state index contributed by atoms with van der Waals surface area (Å²) in [6.45, 7) is 1.31. The number of aliphatic hydroxyl groups excluding tert-OH is 3. The van der Waals surface area contributed by atoms with Crippen LogP contribution in [0.2, 0.25) is 0 Å². The number of nitrogens with two attached hydrogens (primary N) is 1. The topological polar surface area (TPSA) is 90.0 Å². The Morgan fingerprint density at radius 3 is 2.54 bits per heavy atom. The van der Waals surface area contributed by atoms with Gasteiger partial charge in [-0.3, -0.25) is 4.90 Å². The van der Waals surface area contributed by atoms with E-state index in [9.17, 15) is 15.3 Å². The Balaban J connectivity index is 2.15. The van der Waals surface area contributed by atoms with Crippen LogP contribution in [-0.4, -0.2) is 63.7 Å². The van der Waals surface area contributed by atoms with Gasteiger partial charge in [0.2, 0.25) is 0 Å². The minimum absolute atomic E-state index is 0.324. The van der Waals surface area contributed by atoms with E-state index in [4.69, 9.17) is 5.73 Å². The minimum atomic E-state index is -0.916. The summed E-state index contributed by atoms with van der Waals surface area (Å²) in [4.78, 5) is 1.95. The monoisotopic (exact) mass is 188 g/mol. The van der Waals surface area contributed by atoms with E-state index in [0.29, 0.717) is 13.0 Å². The quantitative estimate of drug-likeness (QED) is 0.337. The smallest absolute Gasteiger partial charge is 0.0994 e. The molecule has 5 N–H and O–H groups in total. The summed E-state index contributed by atoms with van der Waals surface area (Å²) < 4.78 is 0. The highest BCUT2D eigenvalue weighted by Gasteiger charge is 2.46. The molecule has 2 aliphatic rings. The van der Waals surface area contributed by atoms with Gasteiger partial charge in [0, 0.05) is 19.1 Å². The van der Waals surface area contributed by atoms with Crippen LogP contribution in [-0.2, 0) is 0 Å². The van der Waals surface area contributed by atoms with Crippen LogP contribution in [0.3, 0.4) is 0 Å². The summed E-state index contributed by atoms with van der Waals surface area (Å²) in [5.41, 5.74) is 5.64. The van der Waals surface area contributed by atoms with E-state index in [0.717, 1.165) is 6.54 Å². The summed E-state index contributed by atoms with van der Waals surface area (Å²) >= 11 is 0. The van der Waals surface area contributed by atoms with Crippen LogP contribution in [0, 0.1) is 0 Å². The fourth-order valence-electron chi connectivity index (χ4n) is 2.35. The zero-order valence-corrected chi connectivity index (χ0v) is 7.37. The standard InChI is InChI=1S/C8H16N2O3/c9-4-3-10-2-1-5(11)6(10)8(13)7(4)12/h4-8,11-13H,1-3,9H2/t4?,5-,6?,7?,8?/m0/s1. The van der Waals surface area contributed by atoms with Crippen LogP contribution in [0.15, 0.2) is 0 Å². The fraction of sp³-hybridized carbons (Fsp3) is 1.00. The Morgan fingerprint density at radius 1 is 1.15 bits per heavy atom. The number of nitrogens with zero attached hydrogens (tertiary/aromatic N) is 1. The molecule has 2 rings (SSSR count). The second-order valence-corrected chi connectivity index (χ2v) is 3.99. The molecule has 0 bridgehead atoms. The van der Waals surface area contributed by atoms with Gasteiger partial charge in [0.1, 0.15) is 0 Å². The molecular formula is C8H16N2O3. The molecule has 2 aliphatic heterocycles. The van der Waals surface area contributed by atoms with E-state index in [1.807, 2.05) is 4.90 Å². The molecule has 0 spiro atoms. The van der Waals surface area contributed by atoms with Gasteiger partial charge in [-0.05, 0) is 6.42 Å². The predicted molar refractivity (Wildman–Crippen MR) is 46.0 cm³/mol. The summed E-state index contributed by atoms with van der Waals surface area (Å²) in [6.07, 6.45) is -1.70. The fourth-order valence-corrected chi connectivity index (χ4v) is 2.35. The molecule has 4 unspecified atom stereocenters. The van der Waals surface area contributed by atoms with Crippen LogP contribution in [0.4, 0.5) is 0 Å². The highest BCUT2D eigenvalue weighted by molar-refractivity contribution is 5.02. The Bertz CT molecular complexity index is 202. The first-order valence-electron chi connectivity index (χ1n) is 4.65. The lowest BCUT2D eigenvalue weighted by Gasteiger charge is -2.41. The molecule has 2 saturated heterocycles. The van der Waals surface area contributed by atoms with Gasteiger partial charge in [-0.15, -0.1) is 0 Å². The lowest BCUT2D eigenvalue weighted by molar-refractivity contribution is -0.0951. The van der Waals surface area contributed by atoms with E-state index in [1.165, 1.54) is 0 Å². The molecule has 5 nitrogen and oxygen atoms in total. The van der Waals surface area contributed by atoms with Crippen molar-refractivity contribution in [3.63, 3.8) is 0 Å². The summed E-state index contributed by atoms with van der Waals surface area (Å²) in [5, 5.41) is 28.7. The first kappa shape index (κ1) is 9.36. The predicted octanol–water partition coefficient (Wildman–Crippen LogP) is -2.52. The second-order valence-electron chi connectivity index (χ2n) is 3.99. The van der Waals surface area contributed by atoms with E-state index < -0.39 is 24.4 Å². The Hall–Kier alpha value is -0.200. The van der Waals surface area contributed by atoms with Crippen molar-refractivity contribution in [2.24, 2.45) is 5.73 Å². The Morgan fingerprint density at radius 2 is 1.85 bits per heavy atom. The number of aliphatic hydroxyl groups is 3. The third kappa shape index (κ3) is 1.37. The van der Waals surface area contributed by atoms with E-state index in [-0.39, 0.29) is 6.04 Å². The average Bonchev–Trinajstić information content (AvgIpc) is 2.43. The highest BCUT2D eigenvalue weighted by Crippen LogP contribution is 2.27. The van der Waals surface area contributed by atoms with Crippen molar-refractivity contribution in [2.75, 3.05) is 13.1 Å². The van der Waals surface area contributed by atoms with Crippen molar-refractivity contribution < 1.29 is 15.3 Å². The Labute approximate surface area is 76.8 Å². The number of hydrogen-bond donors (Lipinski definition) is 4. The van der Waals surface area contributed by atoms with Crippen molar-refractivity contribution in [3.05, 3.63) is 0 Å². The summed E-state index contributed by atoms with van der Waals surface area (Å²) in [6, 6.07) is -0.730. The molecule has 2 heterocycles. The van der Waals surface area contributed by atoms with Crippen LogP contribution in [0.5, 0.6) is 0 Å². The molecule has 0 saturated carbocycles. The van der Waals surface area contributed by atoms with Crippen LogP contribution >= 0.6 is 0 Å². The molecule has 76 valence electrons. The number of piperidine rings is 1. The van der Waals surface area contributed by atoms with Gasteiger partial charge in [0.25, 0.3) is 0 Å². The van der Waals surface area contributed by atoms with Gasteiger partial charge in [-0.1, -0.05) is 0 Å². The number of rotatable bonds is 0. The lowest BCUT2D eigenvalue weighted by Crippen LogP contribution is -2.63. The van der Waals surface area contributed by atoms with Gasteiger partial charge in [0.15, 0.2) is 0 Å². The molecule has 0 aliphatic carbocycles. The largest absolute Gasteiger partial charge is 0.391 e. The van der Waals surface area contributed by atoms with Crippen molar-refractivity contribution >= 4 is 0 Å². The van der Waals surface area contributed by atoms with Crippen LogP contribution < -0.4 is 5.73 Å². The maximum absolute atomic E-state index is 9.66. The maximum atomic E-state index is 9.66. The van der Waals surface area contributed by atoms with Gasteiger partial charge >= 0.3 is 0 Å². The Kier molecular flexibility index (Phi) is 2.29. The lowest BCUT2D eigenvalue weighted by atomic mass is 9.92. The molecule has 0 aromatic carbocycles. The zero-order valence-electron chi connectivity index (χ0n) is 7.37. The first-order valence-corrected chi connectivity index (χ1v) is 4.65. The van der Waals surface area contributed by atoms with E-state index >= 15 is 0 Å². The summed E-state index contributed by atoms with van der Waals surface area (Å²) in [5.74, 6) is 0. The molecule has 0 radical (unpaired) electrons. The van der Waals surface area contributed by atoms with E-state index in [2.05, 4.69) is 0 Å². The van der Waals surface area contributed by atoms with Crippen LogP contribution in [0.25, 0.3) is 0 Å². The van der Waals surface area contributed by atoms with Crippen molar-refractivity contribution in [1.29, 1.82) is 0 Å². The van der Waals surface area contributed by atoms with Gasteiger partial charge in [-0.25, -0.2) is 0 Å². The molecule has 2 fully saturated rings. The third-order valence-electron chi connectivity index (χ3n) is 3.11. The van der Waals surface area contributed by atoms with Crippen molar-refractivity contribution in [1.82, 2.24) is 4.90 Å². The number of hydrogen-bond acceptors (Lipinski definition) is 5. The highest BCUT2D eigenvalue weighted by atomic mass is 16.3. The molecule has 5 atom stereocenters. The molecule has 0 aromatic heterocycles. The first-order chi connectivity index (χ1) is 6.11. The zero-order chi connectivity index (χ0) is 9.59. The van der Waals surface area contributed by atoms with Gasteiger partial charge in [0.05, 0.1) is 24.4 Å². The number of fused-ring (bicyclic) bond motifs is 1. The average molecular weight is 188 g/mol. The molecular weight excluding hydrogens is 172 g/mol. The summed E-state index contributed by atoms with van der Waals surface area (Å²) in [7, 11) is 0. The molecule has 13 heavy (non-hydrogen) atoms. The normalized spacial score (nSPS) is 52.2. The SMILES string of the molecule is NC1CN2CC[C@H](O)C2C(O)C1O. The van der Waals surface area contributed by atoms with Crippen molar-refractivity contribution in [2.45, 2.75) is 36.8 Å². The van der Waals surface area contributed by atoms with Gasteiger partial charge < -0.3 is 21.1 Å². The third-order valence-corrected chi connectivity index (χ3v) is 3.11. The minimum Gasteiger partial charge on any atom is -0.391 e. The second kappa shape index (κ2) is 3.18. The molecule has 0 aromatic rings. The molecule has 0 amide bonds. The molecule has 5 heteroatoms. The van der Waals surface area contributed by atoms with Crippen LogP contribution in [0.1, 0.15) is 6.42 Å². The van der Waals surface area contributed by atoms with E-state index in [1.54, 1.807) is 0 Å². The van der Waals surface area contributed by atoms with Crippen molar-refractivity contribution in [3.8, 4) is 0 Å². The van der Waals surface area contributed by atoms with Gasteiger partial charge in [-0.2, -0.15) is 0 Å². The maximum Gasteiger partial charge on any atom is 0.0994 e.